The van der Waals surface area contributed by atoms with Gasteiger partial charge in [-0.1, -0.05) is 6.42 Å². The van der Waals surface area contributed by atoms with E-state index in [9.17, 15) is 13.2 Å². The van der Waals surface area contributed by atoms with Gasteiger partial charge in [-0.05, 0) is 38.1 Å². The molecular weight excluding hydrogens is 408 g/mol. The van der Waals surface area contributed by atoms with Crippen molar-refractivity contribution in [2.24, 2.45) is 0 Å². The molecule has 2 aliphatic heterocycles. The van der Waals surface area contributed by atoms with Crippen LogP contribution in [0.5, 0.6) is 0 Å². The molecule has 0 atom stereocenters. The number of carbonyl (C=O) groups is 1. The van der Waals surface area contributed by atoms with Crippen LogP contribution < -0.4 is 0 Å². The molecule has 11 heteroatoms. The Labute approximate surface area is 176 Å². The molecule has 30 heavy (non-hydrogen) atoms. The molecule has 4 heterocycles. The lowest BCUT2D eigenvalue weighted by molar-refractivity contribution is 0.0406. The van der Waals surface area contributed by atoms with Crippen molar-refractivity contribution in [1.29, 1.82) is 0 Å². The van der Waals surface area contributed by atoms with Crippen LogP contribution in [-0.2, 0) is 16.6 Å². The van der Waals surface area contributed by atoms with Gasteiger partial charge in [0.15, 0.2) is 5.76 Å². The minimum Gasteiger partial charge on any atom is -0.454 e. The molecule has 0 saturated carbocycles. The Morgan fingerprint density at radius 3 is 2.67 bits per heavy atom. The molecule has 0 N–H and O–H groups in total. The second kappa shape index (κ2) is 8.86. The predicted molar refractivity (Wildman–Crippen MR) is 109 cm³/mol. The number of amides is 1. The van der Waals surface area contributed by atoms with Gasteiger partial charge in [0.25, 0.3) is 5.91 Å². The first kappa shape index (κ1) is 21.0. The molecule has 2 aromatic rings. The number of piperidine rings is 1. The molecule has 2 aliphatic rings. The number of sulfonamides is 1. The van der Waals surface area contributed by atoms with E-state index in [1.54, 1.807) is 32.3 Å². The van der Waals surface area contributed by atoms with E-state index >= 15 is 0 Å². The summed E-state index contributed by atoms with van der Waals surface area (Å²) in [4.78, 5) is 20.5. The predicted octanol–water partition coefficient (Wildman–Crippen LogP) is 0.491. The molecule has 2 aromatic heterocycles. The number of furan rings is 1. The number of likely N-dealkylation sites (tertiary alicyclic amines) is 2. The summed E-state index contributed by atoms with van der Waals surface area (Å²) in [6.07, 6.45) is 7.86. The Hall–Kier alpha value is -2.24. The Kier molecular flexibility index (Phi) is 6.21. The zero-order chi connectivity index (χ0) is 21.1. The third-order valence-electron chi connectivity index (χ3n) is 5.72. The van der Waals surface area contributed by atoms with Crippen molar-refractivity contribution in [3.8, 4) is 0 Å². The van der Waals surface area contributed by atoms with Gasteiger partial charge in [-0.25, -0.2) is 18.1 Å². The van der Waals surface area contributed by atoms with E-state index in [4.69, 9.17) is 4.42 Å². The quantitative estimate of drug-likeness (QED) is 0.593. The summed E-state index contributed by atoms with van der Waals surface area (Å²) < 4.78 is 33.4. The number of nitrogens with zero attached hydrogens (tertiary/aromatic N) is 6. The lowest BCUT2D eigenvalue weighted by Gasteiger charge is -2.44. The van der Waals surface area contributed by atoms with Crippen molar-refractivity contribution in [3.63, 3.8) is 0 Å². The van der Waals surface area contributed by atoms with Gasteiger partial charge >= 0.3 is 0 Å². The van der Waals surface area contributed by atoms with Gasteiger partial charge in [0.1, 0.15) is 25.0 Å². The monoisotopic (exact) mass is 436 g/mol. The van der Waals surface area contributed by atoms with E-state index in [2.05, 4.69) is 15.0 Å². The highest BCUT2D eigenvalue weighted by molar-refractivity contribution is 7.88. The fraction of sp³-hybridized carbons (Fsp3) is 0.632. The van der Waals surface area contributed by atoms with Crippen LogP contribution >= 0.6 is 0 Å². The third kappa shape index (κ3) is 4.90. The van der Waals surface area contributed by atoms with Gasteiger partial charge in [0, 0.05) is 26.2 Å². The first-order valence-electron chi connectivity index (χ1n) is 10.3. The van der Waals surface area contributed by atoms with Crippen LogP contribution in [0.25, 0.3) is 0 Å². The van der Waals surface area contributed by atoms with Crippen LogP contribution in [0.3, 0.4) is 0 Å². The number of aromatic nitrogens is 3. The van der Waals surface area contributed by atoms with Crippen molar-refractivity contribution in [2.45, 2.75) is 31.8 Å². The van der Waals surface area contributed by atoms with Crippen LogP contribution in [0.2, 0.25) is 0 Å². The molecule has 164 valence electrons. The van der Waals surface area contributed by atoms with Gasteiger partial charge in [-0.2, -0.15) is 9.40 Å². The summed E-state index contributed by atoms with van der Waals surface area (Å²) in [5, 5.41) is 4.02. The van der Waals surface area contributed by atoms with E-state index in [1.807, 2.05) is 0 Å². The van der Waals surface area contributed by atoms with Crippen molar-refractivity contribution in [2.75, 3.05) is 45.5 Å². The maximum atomic E-state index is 12.7. The molecule has 0 radical (unpaired) electrons. The maximum absolute atomic E-state index is 12.7. The average Bonchev–Trinajstić information content (AvgIpc) is 3.35. The third-order valence-corrected chi connectivity index (χ3v) is 7.06. The van der Waals surface area contributed by atoms with Crippen LogP contribution in [0.1, 0.15) is 35.6 Å². The Morgan fingerprint density at radius 1 is 1.23 bits per heavy atom. The normalized spacial score (nSPS) is 18.7. The maximum Gasteiger partial charge on any atom is 0.289 e. The fourth-order valence-corrected chi connectivity index (χ4v) is 5.14. The fourth-order valence-electron chi connectivity index (χ4n) is 4.05. The minimum absolute atomic E-state index is 0.182. The molecule has 2 saturated heterocycles. The second-order valence-corrected chi connectivity index (χ2v) is 9.93. The van der Waals surface area contributed by atoms with Crippen molar-refractivity contribution in [1.82, 2.24) is 28.9 Å². The van der Waals surface area contributed by atoms with Gasteiger partial charge in [0.2, 0.25) is 10.0 Å². The number of hydrogen-bond acceptors (Lipinski definition) is 7. The standard InChI is InChI=1S/C19H28N6O4S/c1-30(27,28)25(10-9-22-7-3-2-4-8-22)16-11-23(12-16)19(26)18-6-5-17(29-18)13-24-15-20-14-21-24/h5-6,14-16H,2-4,7-13H2,1H3. The molecule has 10 nitrogen and oxygen atoms in total. The Morgan fingerprint density at radius 2 is 2.00 bits per heavy atom. The van der Waals surface area contributed by atoms with Gasteiger partial charge in [0.05, 0.1) is 12.3 Å². The zero-order valence-corrected chi connectivity index (χ0v) is 18.0. The molecule has 4 rings (SSSR count). The molecule has 0 bridgehead atoms. The highest BCUT2D eigenvalue weighted by atomic mass is 32.2. The van der Waals surface area contributed by atoms with E-state index in [0.29, 0.717) is 31.9 Å². The summed E-state index contributed by atoms with van der Waals surface area (Å²) in [7, 11) is -3.33. The highest BCUT2D eigenvalue weighted by Crippen LogP contribution is 2.22. The molecule has 2 fully saturated rings. The molecule has 1 amide bonds. The zero-order valence-electron chi connectivity index (χ0n) is 17.2. The van der Waals surface area contributed by atoms with E-state index in [1.165, 1.54) is 31.8 Å². The van der Waals surface area contributed by atoms with Gasteiger partial charge in [-0.15, -0.1) is 0 Å². The topological polar surface area (TPSA) is 105 Å². The molecule has 0 aromatic carbocycles. The lowest BCUT2D eigenvalue weighted by atomic mass is 10.1. The first-order chi connectivity index (χ1) is 14.4. The van der Waals surface area contributed by atoms with Crippen LogP contribution in [0.15, 0.2) is 29.2 Å². The highest BCUT2D eigenvalue weighted by Gasteiger charge is 2.39. The van der Waals surface area contributed by atoms with Crippen molar-refractivity contribution < 1.29 is 17.6 Å². The second-order valence-electron chi connectivity index (χ2n) is 8.00. The van der Waals surface area contributed by atoms with E-state index < -0.39 is 10.0 Å². The van der Waals surface area contributed by atoms with Gasteiger partial charge in [-0.3, -0.25) is 4.79 Å². The van der Waals surface area contributed by atoms with Crippen LogP contribution in [0.4, 0.5) is 0 Å². The number of rotatable bonds is 8. The summed E-state index contributed by atoms with van der Waals surface area (Å²) in [6, 6.07) is 3.21. The molecule has 0 unspecified atom stereocenters. The largest absolute Gasteiger partial charge is 0.454 e. The van der Waals surface area contributed by atoms with Crippen molar-refractivity contribution in [3.05, 3.63) is 36.3 Å². The average molecular weight is 437 g/mol. The molecule has 0 aliphatic carbocycles. The van der Waals surface area contributed by atoms with Crippen LogP contribution in [0, 0.1) is 0 Å². The number of carbonyl (C=O) groups excluding carboxylic acids is 1. The Balaban J connectivity index is 1.31. The summed E-state index contributed by atoms with van der Waals surface area (Å²) >= 11 is 0. The summed E-state index contributed by atoms with van der Waals surface area (Å²) in [5.41, 5.74) is 0. The summed E-state index contributed by atoms with van der Waals surface area (Å²) in [5.74, 6) is 0.642. The molecule has 0 spiro atoms. The first-order valence-corrected chi connectivity index (χ1v) is 12.1. The van der Waals surface area contributed by atoms with E-state index in [-0.39, 0.29) is 17.7 Å². The van der Waals surface area contributed by atoms with Crippen LogP contribution in [-0.4, -0.2) is 94.8 Å². The van der Waals surface area contributed by atoms with E-state index in [0.717, 1.165) is 19.6 Å². The van der Waals surface area contributed by atoms with Crippen molar-refractivity contribution >= 4 is 15.9 Å². The SMILES string of the molecule is CS(=O)(=O)N(CCN1CCCCC1)C1CN(C(=O)c2ccc(Cn3cncn3)o2)C1. The summed E-state index contributed by atoms with van der Waals surface area (Å²) in [6.45, 7) is 4.42. The Bertz CT molecular complexity index is 946. The minimum atomic E-state index is -3.33. The molecular formula is C19H28N6O4S. The van der Waals surface area contributed by atoms with Gasteiger partial charge < -0.3 is 14.2 Å². The number of hydrogen-bond donors (Lipinski definition) is 0. The smallest absolute Gasteiger partial charge is 0.289 e. The lowest BCUT2D eigenvalue weighted by Crippen LogP contribution is -2.62.